The van der Waals surface area contributed by atoms with E-state index in [0.29, 0.717) is 6.04 Å². The van der Waals surface area contributed by atoms with Crippen LogP contribution < -0.4 is 5.73 Å². The Morgan fingerprint density at radius 3 is 2.94 bits per heavy atom. The molecule has 1 fully saturated rings. The summed E-state index contributed by atoms with van der Waals surface area (Å²) in [5.74, 6) is 0.796. The predicted octanol–water partition coefficient (Wildman–Crippen LogP) is 2.46. The molecule has 0 radical (unpaired) electrons. The third-order valence-corrected chi connectivity index (χ3v) is 4.30. The van der Waals surface area contributed by atoms with E-state index in [2.05, 4.69) is 27.2 Å². The number of hydrogen-bond acceptors (Lipinski definition) is 3. The lowest BCUT2D eigenvalue weighted by Gasteiger charge is -2.25. The minimum absolute atomic E-state index is 0.446. The summed E-state index contributed by atoms with van der Waals surface area (Å²) in [4.78, 5) is 5.75. The van der Waals surface area contributed by atoms with Gasteiger partial charge < -0.3 is 5.73 Å². The highest BCUT2D eigenvalue weighted by Gasteiger charge is 2.19. The first-order valence-electron chi connectivity index (χ1n) is 5.98. The minimum Gasteiger partial charge on any atom is -0.328 e. The van der Waals surface area contributed by atoms with Gasteiger partial charge in [0, 0.05) is 23.8 Å². The van der Waals surface area contributed by atoms with Crippen molar-refractivity contribution < 1.29 is 0 Å². The first kappa shape index (κ1) is 10.3. The Morgan fingerprint density at radius 2 is 2.19 bits per heavy atom. The predicted molar refractivity (Wildman–Crippen MR) is 66.7 cm³/mol. The number of nitrogens with zero attached hydrogens (tertiary/aromatic N) is 2. The monoisotopic (exact) mass is 235 g/mol. The van der Waals surface area contributed by atoms with Crippen molar-refractivity contribution in [3.63, 3.8) is 0 Å². The second kappa shape index (κ2) is 4.18. The maximum atomic E-state index is 5.92. The molecule has 0 bridgehead atoms. The molecule has 0 atom stereocenters. The van der Waals surface area contributed by atoms with Gasteiger partial charge in [-0.25, -0.2) is 4.98 Å². The summed E-state index contributed by atoms with van der Waals surface area (Å²) in [6.45, 7) is 0. The standard InChI is InChI=1S/C12H17N3S/c13-10-3-1-9(2-4-10)7-11-8-15-5-6-16-12(15)14-11/h5-6,8-10H,1-4,7,13H2. The maximum Gasteiger partial charge on any atom is 0.193 e. The average Bonchev–Trinajstić information content (AvgIpc) is 2.81. The van der Waals surface area contributed by atoms with Gasteiger partial charge in [0.2, 0.25) is 0 Å². The van der Waals surface area contributed by atoms with Crippen molar-refractivity contribution in [3.8, 4) is 0 Å². The normalized spacial score (nSPS) is 26.3. The molecule has 0 amide bonds. The molecule has 3 rings (SSSR count). The second-order valence-corrected chi connectivity index (χ2v) is 5.68. The van der Waals surface area contributed by atoms with E-state index in [4.69, 9.17) is 5.73 Å². The molecule has 2 N–H and O–H groups in total. The molecule has 3 nitrogen and oxygen atoms in total. The van der Waals surface area contributed by atoms with E-state index in [0.717, 1.165) is 17.3 Å². The SMILES string of the molecule is NC1CCC(Cc2cn3ccsc3n2)CC1. The van der Waals surface area contributed by atoms with Crippen molar-refractivity contribution in [3.05, 3.63) is 23.5 Å². The van der Waals surface area contributed by atoms with Gasteiger partial charge in [-0.05, 0) is 38.0 Å². The molecule has 0 saturated heterocycles. The van der Waals surface area contributed by atoms with Crippen LogP contribution in [-0.2, 0) is 6.42 Å². The van der Waals surface area contributed by atoms with Gasteiger partial charge in [0.1, 0.15) is 0 Å². The molecule has 0 unspecified atom stereocenters. The molecular formula is C12H17N3S. The van der Waals surface area contributed by atoms with Crippen molar-refractivity contribution in [2.75, 3.05) is 0 Å². The van der Waals surface area contributed by atoms with Gasteiger partial charge in [-0.15, -0.1) is 11.3 Å². The zero-order chi connectivity index (χ0) is 11.0. The number of aromatic nitrogens is 2. The highest BCUT2D eigenvalue weighted by atomic mass is 32.1. The second-order valence-electron chi connectivity index (χ2n) is 4.81. The van der Waals surface area contributed by atoms with Crippen LogP contribution in [0.25, 0.3) is 4.96 Å². The van der Waals surface area contributed by atoms with Crippen LogP contribution in [0.4, 0.5) is 0 Å². The molecule has 2 heterocycles. The Kier molecular flexibility index (Phi) is 2.69. The van der Waals surface area contributed by atoms with Gasteiger partial charge >= 0.3 is 0 Å². The largest absolute Gasteiger partial charge is 0.328 e. The third kappa shape index (κ3) is 1.99. The van der Waals surface area contributed by atoms with Crippen LogP contribution in [0.3, 0.4) is 0 Å². The lowest BCUT2D eigenvalue weighted by Crippen LogP contribution is -2.27. The quantitative estimate of drug-likeness (QED) is 0.869. The van der Waals surface area contributed by atoms with Crippen LogP contribution in [-0.4, -0.2) is 15.4 Å². The topological polar surface area (TPSA) is 43.3 Å². The van der Waals surface area contributed by atoms with Crippen LogP contribution in [0.2, 0.25) is 0 Å². The van der Waals surface area contributed by atoms with Crippen LogP contribution in [0, 0.1) is 5.92 Å². The van der Waals surface area contributed by atoms with Gasteiger partial charge in [-0.1, -0.05) is 0 Å². The molecule has 1 aliphatic rings. The lowest BCUT2D eigenvalue weighted by atomic mass is 9.84. The minimum atomic E-state index is 0.446. The van der Waals surface area contributed by atoms with Gasteiger partial charge in [-0.3, -0.25) is 4.40 Å². The summed E-state index contributed by atoms with van der Waals surface area (Å²) in [6.07, 6.45) is 10.3. The Hall–Kier alpha value is -0.870. The van der Waals surface area contributed by atoms with Crippen molar-refractivity contribution in [1.82, 2.24) is 9.38 Å². The van der Waals surface area contributed by atoms with E-state index in [9.17, 15) is 0 Å². The van der Waals surface area contributed by atoms with Crippen molar-refractivity contribution in [1.29, 1.82) is 0 Å². The van der Waals surface area contributed by atoms with E-state index in [-0.39, 0.29) is 0 Å². The highest BCUT2D eigenvalue weighted by Crippen LogP contribution is 2.26. The molecule has 4 heteroatoms. The number of rotatable bonds is 2. The van der Waals surface area contributed by atoms with Crippen molar-refractivity contribution >= 4 is 16.3 Å². The van der Waals surface area contributed by atoms with Crippen LogP contribution in [0.1, 0.15) is 31.4 Å². The smallest absolute Gasteiger partial charge is 0.193 e. The lowest BCUT2D eigenvalue weighted by molar-refractivity contribution is 0.323. The van der Waals surface area contributed by atoms with Crippen LogP contribution in [0.15, 0.2) is 17.8 Å². The molecule has 0 aliphatic heterocycles. The Labute approximate surface area is 99.3 Å². The fraction of sp³-hybridized carbons (Fsp3) is 0.583. The van der Waals surface area contributed by atoms with Gasteiger partial charge in [-0.2, -0.15) is 0 Å². The van der Waals surface area contributed by atoms with Crippen LogP contribution in [0.5, 0.6) is 0 Å². The van der Waals surface area contributed by atoms with Crippen molar-refractivity contribution in [2.45, 2.75) is 38.1 Å². The number of nitrogens with two attached hydrogens (primary N) is 1. The Bertz CT molecular complexity index is 437. The summed E-state index contributed by atoms with van der Waals surface area (Å²) < 4.78 is 2.12. The van der Waals surface area contributed by atoms with E-state index in [1.807, 2.05) is 0 Å². The number of thiazole rings is 1. The Balaban J connectivity index is 1.68. The first-order valence-corrected chi connectivity index (χ1v) is 6.86. The summed E-state index contributed by atoms with van der Waals surface area (Å²) in [6, 6.07) is 0.446. The van der Waals surface area contributed by atoms with E-state index in [1.54, 1.807) is 11.3 Å². The molecule has 0 aromatic carbocycles. The highest BCUT2D eigenvalue weighted by molar-refractivity contribution is 7.15. The third-order valence-electron chi connectivity index (χ3n) is 3.53. The zero-order valence-corrected chi connectivity index (χ0v) is 10.1. The first-order chi connectivity index (χ1) is 7.81. The number of fused-ring (bicyclic) bond motifs is 1. The summed E-state index contributed by atoms with van der Waals surface area (Å²) in [7, 11) is 0. The zero-order valence-electron chi connectivity index (χ0n) is 9.30. The van der Waals surface area contributed by atoms with Crippen LogP contribution >= 0.6 is 11.3 Å². The van der Waals surface area contributed by atoms with E-state index in [1.165, 1.54) is 31.4 Å². The van der Waals surface area contributed by atoms with Gasteiger partial charge in [0.05, 0.1) is 5.69 Å². The molecule has 86 valence electrons. The fourth-order valence-corrected chi connectivity index (χ4v) is 3.28. The molecular weight excluding hydrogens is 218 g/mol. The fourth-order valence-electron chi connectivity index (χ4n) is 2.56. The molecule has 1 saturated carbocycles. The summed E-state index contributed by atoms with van der Waals surface area (Å²) >= 11 is 1.70. The van der Waals surface area contributed by atoms with E-state index < -0.39 is 0 Å². The maximum absolute atomic E-state index is 5.92. The van der Waals surface area contributed by atoms with Gasteiger partial charge in [0.25, 0.3) is 0 Å². The molecule has 1 aliphatic carbocycles. The summed E-state index contributed by atoms with van der Waals surface area (Å²) in [5, 5.41) is 2.08. The van der Waals surface area contributed by atoms with Gasteiger partial charge in [0.15, 0.2) is 4.96 Å². The molecule has 2 aromatic rings. The van der Waals surface area contributed by atoms with E-state index >= 15 is 0 Å². The number of hydrogen-bond donors (Lipinski definition) is 1. The Morgan fingerprint density at radius 1 is 1.38 bits per heavy atom. The molecule has 2 aromatic heterocycles. The molecule has 16 heavy (non-hydrogen) atoms. The number of imidazole rings is 1. The van der Waals surface area contributed by atoms with Crippen molar-refractivity contribution in [2.24, 2.45) is 11.7 Å². The molecule has 0 spiro atoms. The summed E-state index contributed by atoms with van der Waals surface area (Å²) in [5.41, 5.74) is 7.16. The average molecular weight is 235 g/mol.